The zero-order valence-electron chi connectivity index (χ0n) is 21.8. The molecule has 0 bridgehead atoms. The standard InChI is InChI=1S/C28H30Cl3N3O4S/c1-4-26(28(36)32-19(2)3)33(17-20-10-15-24(30)25(31)16-20)27(35)18-34(22-13-11-21(29)12-14-22)39(37,38)23-8-6-5-7-9-23/h5-16,19,26H,4,17-18H2,1-3H3,(H,32,36)/t26-/m1/s1. The topological polar surface area (TPSA) is 86.8 Å². The van der Waals surface area contributed by atoms with E-state index < -0.39 is 28.5 Å². The third-order valence-electron chi connectivity index (χ3n) is 5.88. The molecule has 0 unspecified atom stereocenters. The highest BCUT2D eigenvalue weighted by Crippen LogP contribution is 2.27. The van der Waals surface area contributed by atoms with Crippen LogP contribution in [0.5, 0.6) is 0 Å². The zero-order chi connectivity index (χ0) is 28.7. The monoisotopic (exact) mass is 609 g/mol. The van der Waals surface area contributed by atoms with Crippen LogP contribution in [0.3, 0.4) is 0 Å². The van der Waals surface area contributed by atoms with Crippen molar-refractivity contribution in [3.63, 3.8) is 0 Å². The number of nitrogens with one attached hydrogen (secondary N) is 1. The Morgan fingerprint density at radius 1 is 0.897 bits per heavy atom. The van der Waals surface area contributed by atoms with Crippen molar-refractivity contribution >= 4 is 62.3 Å². The molecule has 0 aliphatic heterocycles. The molecule has 0 aliphatic carbocycles. The van der Waals surface area contributed by atoms with Crippen molar-refractivity contribution in [1.29, 1.82) is 0 Å². The molecule has 0 heterocycles. The van der Waals surface area contributed by atoms with Crippen LogP contribution in [-0.4, -0.2) is 43.8 Å². The van der Waals surface area contributed by atoms with Gasteiger partial charge in [-0.25, -0.2) is 8.42 Å². The fraction of sp³-hybridized carbons (Fsp3) is 0.286. The van der Waals surface area contributed by atoms with Gasteiger partial charge in [0.25, 0.3) is 10.0 Å². The van der Waals surface area contributed by atoms with Crippen LogP contribution >= 0.6 is 34.8 Å². The minimum Gasteiger partial charge on any atom is -0.352 e. The normalized spacial score (nSPS) is 12.2. The molecule has 0 fully saturated rings. The highest BCUT2D eigenvalue weighted by Gasteiger charge is 2.33. The van der Waals surface area contributed by atoms with Crippen LogP contribution in [0.15, 0.2) is 77.7 Å². The largest absolute Gasteiger partial charge is 0.352 e. The van der Waals surface area contributed by atoms with Crippen LogP contribution in [0.2, 0.25) is 15.1 Å². The number of hydrogen-bond donors (Lipinski definition) is 1. The molecule has 0 radical (unpaired) electrons. The summed E-state index contributed by atoms with van der Waals surface area (Å²) in [5.41, 5.74) is 0.892. The van der Waals surface area contributed by atoms with Gasteiger partial charge in [0, 0.05) is 17.6 Å². The maximum absolute atomic E-state index is 14.0. The van der Waals surface area contributed by atoms with E-state index in [0.29, 0.717) is 27.1 Å². The lowest BCUT2D eigenvalue weighted by molar-refractivity contribution is -0.140. The van der Waals surface area contributed by atoms with Gasteiger partial charge in [-0.15, -0.1) is 0 Å². The molecule has 1 N–H and O–H groups in total. The predicted molar refractivity (Wildman–Crippen MR) is 157 cm³/mol. The van der Waals surface area contributed by atoms with Crippen molar-refractivity contribution in [2.45, 2.75) is 50.7 Å². The first kappa shape index (κ1) is 30.8. The van der Waals surface area contributed by atoms with E-state index in [2.05, 4.69) is 5.32 Å². The third kappa shape index (κ3) is 7.88. The molecule has 2 amide bonds. The van der Waals surface area contributed by atoms with Crippen LogP contribution in [0.1, 0.15) is 32.8 Å². The Balaban J connectivity index is 2.06. The maximum Gasteiger partial charge on any atom is 0.264 e. The molecule has 0 saturated heterocycles. The summed E-state index contributed by atoms with van der Waals surface area (Å²) in [4.78, 5) is 28.5. The highest BCUT2D eigenvalue weighted by atomic mass is 35.5. The second-order valence-corrected chi connectivity index (χ2v) is 12.3. The quantitative estimate of drug-likeness (QED) is 0.281. The van der Waals surface area contributed by atoms with Crippen LogP contribution in [0.4, 0.5) is 5.69 Å². The Bertz CT molecular complexity index is 1400. The van der Waals surface area contributed by atoms with Crippen molar-refractivity contribution in [3.8, 4) is 0 Å². The number of rotatable bonds is 11. The van der Waals surface area contributed by atoms with E-state index in [1.807, 2.05) is 13.8 Å². The summed E-state index contributed by atoms with van der Waals surface area (Å²) in [5.74, 6) is -0.911. The van der Waals surface area contributed by atoms with E-state index in [1.54, 1.807) is 55.5 Å². The number of nitrogens with zero attached hydrogens (tertiary/aromatic N) is 2. The number of benzene rings is 3. The number of anilines is 1. The lowest BCUT2D eigenvalue weighted by Crippen LogP contribution is -2.53. The van der Waals surface area contributed by atoms with Gasteiger partial charge in [-0.1, -0.05) is 66.0 Å². The Hall–Kier alpha value is -2.78. The number of hydrogen-bond acceptors (Lipinski definition) is 4. The predicted octanol–water partition coefficient (Wildman–Crippen LogP) is 6.17. The summed E-state index contributed by atoms with van der Waals surface area (Å²) in [6, 6.07) is 17.9. The van der Waals surface area contributed by atoms with Gasteiger partial charge in [0.2, 0.25) is 11.8 Å². The molecule has 0 aromatic heterocycles. The van der Waals surface area contributed by atoms with Crippen molar-refractivity contribution in [2.24, 2.45) is 0 Å². The molecular weight excluding hydrogens is 581 g/mol. The average molecular weight is 611 g/mol. The van der Waals surface area contributed by atoms with Crippen molar-refractivity contribution < 1.29 is 18.0 Å². The van der Waals surface area contributed by atoms with Gasteiger partial charge < -0.3 is 10.2 Å². The van der Waals surface area contributed by atoms with Gasteiger partial charge in [0.05, 0.1) is 20.6 Å². The molecule has 208 valence electrons. The van der Waals surface area contributed by atoms with Gasteiger partial charge >= 0.3 is 0 Å². The lowest BCUT2D eigenvalue weighted by atomic mass is 10.1. The smallest absolute Gasteiger partial charge is 0.264 e. The Labute approximate surface area is 244 Å². The Kier molecular flexibility index (Phi) is 10.7. The van der Waals surface area contributed by atoms with E-state index in [1.165, 1.54) is 29.2 Å². The molecule has 3 aromatic rings. The van der Waals surface area contributed by atoms with Gasteiger partial charge in [-0.3, -0.25) is 13.9 Å². The van der Waals surface area contributed by atoms with Gasteiger partial charge in [-0.05, 0) is 74.4 Å². The van der Waals surface area contributed by atoms with Crippen molar-refractivity contribution in [1.82, 2.24) is 10.2 Å². The van der Waals surface area contributed by atoms with E-state index in [4.69, 9.17) is 34.8 Å². The summed E-state index contributed by atoms with van der Waals surface area (Å²) in [6.45, 7) is 4.90. The van der Waals surface area contributed by atoms with E-state index >= 15 is 0 Å². The third-order valence-corrected chi connectivity index (χ3v) is 8.66. The molecule has 3 rings (SSSR count). The molecule has 39 heavy (non-hydrogen) atoms. The fourth-order valence-electron chi connectivity index (χ4n) is 3.99. The molecule has 0 saturated carbocycles. The maximum atomic E-state index is 14.0. The number of amides is 2. The molecular formula is C28H30Cl3N3O4S. The van der Waals surface area contributed by atoms with Crippen molar-refractivity contribution in [2.75, 3.05) is 10.8 Å². The van der Waals surface area contributed by atoms with Crippen LogP contribution in [-0.2, 0) is 26.2 Å². The minimum atomic E-state index is -4.15. The van der Waals surface area contributed by atoms with E-state index in [9.17, 15) is 18.0 Å². The summed E-state index contributed by atoms with van der Waals surface area (Å²) < 4.78 is 28.5. The summed E-state index contributed by atoms with van der Waals surface area (Å²) in [6.07, 6.45) is 0.304. The number of halogens is 3. The fourth-order valence-corrected chi connectivity index (χ4v) is 5.87. The molecule has 11 heteroatoms. The minimum absolute atomic E-state index is 0.0135. The highest BCUT2D eigenvalue weighted by molar-refractivity contribution is 7.92. The molecule has 0 spiro atoms. The molecule has 7 nitrogen and oxygen atoms in total. The van der Waals surface area contributed by atoms with Crippen LogP contribution in [0, 0.1) is 0 Å². The van der Waals surface area contributed by atoms with Crippen LogP contribution in [0.25, 0.3) is 0 Å². The summed E-state index contributed by atoms with van der Waals surface area (Å²) in [5, 5.41) is 3.93. The van der Waals surface area contributed by atoms with Gasteiger partial charge in [-0.2, -0.15) is 0 Å². The summed E-state index contributed by atoms with van der Waals surface area (Å²) in [7, 11) is -4.15. The van der Waals surface area contributed by atoms with E-state index in [-0.39, 0.29) is 29.1 Å². The number of sulfonamides is 1. The van der Waals surface area contributed by atoms with Crippen molar-refractivity contribution in [3.05, 3.63) is 93.4 Å². The molecule has 3 aromatic carbocycles. The zero-order valence-corrected chi connectivity index (χ0v) is 24.9. The van der Waals surface area contributed by atoms with E-state index in [0.717, 1.165) is 4.31 Å². The van der Waals surface area contributed by atoms with Crippen LogP contribution < -0.4 is 9.62 Å². The van der Waals surface area contributed by atoms with Gasteiger partial charge in [0.1, 0.15) is 12.6 Å². The lowest BCUT2D eigenvalue weighted by Gasteiger charge is -2.33. The second-order valence-electron chi connectivity index (χ2n) is 9.16. The molecule has 0 aliphatic rings. The number of carbonyl (C=O) groups excluding carboxylic acids is 2. The molecule has 1 atom stereocenters. The first-order chi connectivity index (χ1) is 18.4. The average Bonchev–Trinajstić information content (AvgIpc) is 2.89. The Morgan fingerprint density at radius 3 is 2.10 bits per heavy atom. The SMILES string of the molecule is CC[C@H](C(=O)NC(C)C)N(Cc1ccc(Cl)c(Cl)c1)C(=O)CN(c1ccc(Cl)cc1)S(=O)(=O)c1ccccc1. The van der Waals surface area contributed by atoms with Gasteiger partial charge in [0.15, 0.2) is 0 Å². The Morgan fingerprint density at radius 2 is 1.54 bits per heavy atom. The number of carbonyl (C=O) groups is 2. The second kappa shape index (κ2) is 13.5. The first-order valence-corrected chi connectivity index (χ1v) is 14.9. The first-order valence-electron chi connectivity index (χ1n) is 12.3. The summed E-state index contributed by atoms with van der Waals surface area (Å²) >= 11 is 18.3.